The molecule has 1 fully saturated rings. The lowest BCUT2D eigenvalue weighted by Gasteiger charge is -2.30. The third-order valence-corrected chi connectivity index (χ3v) is 4.22. The zero-order valence-corrected chi connectivity index (χ0v) is 16.0. The Kier molecular flexibility index (Phi) is 11.1. The summed E-state index contributed by atoms with van der Waals surface area (Å²) < 4.78 is 10.5. The predicted octanol–water partition coefficient (Wildman–Crippen LogP) is 1.99. The van der Waals surface area contributed by atoms with Gasteiger partial charge in [0.2, 0.25) is 0 Å². The molecular weight excluding hydrogens is 334 g/mol. The zero-order valence-electron chi connectivity index (χ0n) is 16.0. The van der Waals surface area contributed by atoms with E-state index < -0.39 is 0 Å². The van der Waals surface area contributed by atoms with Gasteiger partial charge in [-0.1, -0.05) is 13.3 Å². The number of hydrogen-bond acceptors (Lipinski definition) is 6. The lowest BCUT2D eigenvalue weighted by molar-refractivity contribution is -0.149. The first-order valence-electron chi connectivity index (χ1n) is 9.50. The fourth-order valence-corrected chi connectivity index (χ4v) is 2.67. The molecule has 1 aliphatic rings. The summed E-state index contributed by atoms with van der Waals surface area (Å²) >= 11 is 0. The average molecular weight is 365 g/mol. The van der Waals surface area contributed by atoms with Crippen LogP contribution in [0.4, 0.5) is 0 Å². The second-order valence-corrected chi connectivity index (χ2v) is 6.29. The Hall–Kier alpha value is -2.07. The summed E-state index contributed by atoms with van der Waals surface area (Å²) in [5.41, 5.74) is 0.0893. The fourth-order valence-electron chi connectivity index (χ4n) is 2.67. The van der Waals surface area contributed by atoms with Gasteiger partial charge in [0, 0.05) is 39.0 Å². The number of likely N-dealkylation sites (tertiary alicyclic amines) is 1. The number of carbonyl (C=O) groups is 2. The molecule has 0 unspecified atom stereocenters. The molecule has 0 spiro atoms. The fraction of sp³-hybridized carbons (Fsp3) is 0.737. The van der Waals surface area contributed by atoms with E-state index in [4.69, 9.17) is 9.47 Å². The van der Waals surface area contributed by atoms with Crippen LogP contribution in [0.5, 0.6) is 0 Å². The highest BCUT2D eigenvalue weighted by Crippen LogP contribution is 2.19. The Bertz CT molecular complexity index is 505. The SMILES string of the molecule is CCCCOCCCNC(=O)/C(C#N)=C\N1CCC(C(=O)OCC)CC1. The van der Waals surface area contributed by atoms with Crippen molar-refractivity contribution in [2.45, 2.75) is 46.0 Å². The molecule has 0 saturated carbocycles. The van der Waals surface area contributed by atoms with Crippen molar-refractivity contribution in [2.75, 3.05) is 39.5 Å². The maximum absolute atomic E-state index is 12.1. The van der Waals surface area contributed by atoms with E-state index in [2.05, 4.69) is 12.2 Å². The lowest BCUT2D eigenvalue weighted by atomic mass is 9.97. The minimum Gasteiger partial charge on any atom is -0.466 e. The van der Waals surface area contributed by atoms with Gasteiger partial charge in [-0.15, -0.1) is 0 Å². The van der Waals surface area contributed by atoms with Gasteiger partial charge in [-0.25, -0.2) is 0 Å². The maximum atomic E-state index is 12.1. The number of nitrogens with zero attached hydrogens (tertiary/aromatic N) is 2. The van der Waals surface area contributed by atoms with Gasteiger partial charge in [-0.2, -0.15) is 5.26 Å². The number of ether oxygens (including phenoxy) is 2. The summed E-state index contributed by atoms with van der Waals surface area (Å²) in [5, 5.41) is 12.0. The minimum atomic E-state index is -0.367. The molecule has 0 aromatic carbocycles. The number of rotatable bonds is 11. The van der Waals surface area contributed by atoms with Crippen LogP contribution in [0.2, 0.25) is 0 Å². The number of unbranched alkanes of at least 4 members (excludes halogenated alkanes) is 1. The summed E-state index contributed by atoms with van der Waals surface area (Å²) in [6.07, 6.45) is 5.80. The summed E-state index contributed by atoms with van der Waals surface area (Å²) in [7, 11) is 0. The van der Waals surface area contributed by atoms with E-state index in [0.29, 0.717) is 45.7 Å². The van der Waals surface area contributed by atoms with Crippen molar-refractivity contribution in [1.82, 2.24) is 10.2 Å². The predicted molar refractivity (Wildman–Crippen MR) is 98.0 cm³/mol. The molecule has 0 aliphatic carbocycles. The molecule has 1 rings (SSSR count). The molecular formula is C19H31N3O4. The van der Waals surface area contributed by atoms with E-state index in [1.807, 2.05) is 11.0 Å². The summed E-state index contributed by atoms with van der Waals surface area (Å²) in [4.78, 5) is 25.8. The van der Waals surface area contributed by atoms with E-state index in [1.165, 1.54) is 0 Å². The molecule has 1 amide bonds. The van der Waals surface area contributed by atoms with Gasteiger partial charge in [0.05, 0.1) is 12.5 Å². The van der Waals surface area contributed by atoms with E-state index in [-0.39, 0.29) is 23.4 Å². The smallest absolute Gasteiger partial charge is 0.309 e. The summed E-state index contributed by atoms with van der Waals surface area (Å²) in [5.74, 6) is -0.615. The van der Waals surface area contributed by atoms with E-state index in [1.54, 1.807) is 13.1 Å². The quantitative estimate of drug-likeness (QED) is 0.261. The Morgan fingerprint density at radius 2 is 1.92 bits per heavy atom. The van der Waals surface area contributed by atoms with Crippen molar-refractivity contribution >= 4 is 11.9 Å². The highest BCUT2D eigenvalue weighted by atomic mass is 16.5. The number of nitriles is 1. The number of hydrogen-bond donors (Lipinski definition) is 1. The normalized spacial score (nSPS) is 15.4. The Morgan fingerprint density at radius 3 is 2.54 bits per heavy atom. The van der Waals surface area contributed by atoms with Gasteiger partial charge < -0.3 is 19.7 Å². The van der Waals surface area contributed by atoms with Crippen molar-refractivity contribution in [2.24, 2.45) is 5.92 Å². The topological polar surface area (TPSA) is 91.7 Å². The summed E-state index contributed by atoms with van der Waals surface area (Å²) in [6.45, 7) is 7.39. The molecule has 1 N–H and O–H groups in total. The first kappa shape index (κ1) is 22.0. The van der Waals surface area contributed by atoms with Gasteiger partial charge in [-0.3, -0.25) is 9.59 Å². The molecule has 26 heavy (non-hydrogen) atoms. The molecule has 0 atom stereocenters. The first-order valence-corrected chi connectivity index (χ1v) is 9.50. The van der Waals surface area contributed by atoms with E-state index in [0.717, 1.165) is 25.9 Å². The van der Waals surface area contributed by atoms with Crippen molar-refractivity contribution in [3.8, 4) is 6.07 Å². The highest BCUT2D eigenvalue weighted by molar-refractivity contribution is 5.97. The number of nitrogens with one attached hydrogen (secondary N) is 1. The monoisotopic (exact) mass is 365 g/mol. The molecule has 7 nitrogen and oxygen atoms in total. The average Bonchev–Trinajstić information content (AvgIpc) is 2.65. The van der Waals surface area contributed by atoms with Gasteiger partial charge in [0.1, 0.15) is 11.6 Å². The second-order valence-electron chi connectivity index (χ2n) is 6.29. The molecule has 7 heteroatoms. The Morgan fingerprint density at radius 1 is 1.23 bits per heavy atom. The van der Waals surface area contributed by atoms with E-state index in [9.17, 15) is 14.9 Å². The van der Waals surface area contributed by atoms with Crippen LogP contribution in [0.25, 0.3) is 0 Å². The highest BCUT2D eigenvalue weighted by Gasteiger charge is 2.25. The first-order chi connectivity index (χ1) is 12.6. The van der Waals surface area contributed by atoms with Crippen LogP contribution in [0.1, 0.15) is 46.0 Å². The van der Waals surface area contributed by atoms with Gasteiger partial charge >= 0.3 is 5.97 Å². The van der Waals surface area contributed by atoms with Crippen molar-refractivity contribution in [3.63, 3.8) is 0 Å². The van der Waals surface area contributed by atoms with Crippen molar-refractivity contribution < 1.29 is 19.1 Å². The van der Waals surface area contributed by atoms with Crippen LogP contribution < -0.4 is 5.32 Å². The van der Waals surface area contributed by atoms with Gasteiger partial charge in [-0.05, 0) is 32.6 Å². The zero-order chi connectivity index (χ0) is 19.2. The van der Waals surface area contributed by atoms with Crippen LogP contribution in [-0.4, -0.2) is 56.2 Å². The number of piperidine rings is 1. The van der Waals surface area contributed by atoms with Crippen LogP contribution in [0.15, 0.2) is 11.8 Å². The van der Waals surface area contributed by atoms with Crippen LogP contribution in [-0.2, 0) is 19.1 Å². The molecule has 146 valence electrons. The maximum Gasteiger partial charge on any atom is 0.309 e. The number of carbonyl (C=O) groups excluding carboxylic acids is 2. The van der Waals surface area contributed by atoms with Crippen molar-refractivity contribution in [1.29, 1.82) is 5.26 Å². The Balaban J connectivity index is 2.33. The number of esters is 1. The standard InChI is InChI=1S/C19H31N3O4/c1-3-5-12-25-13-6-9-21-18(23)17(14-20)15-22-10-7-16(8-11-22)19(24)26-4-2/h15-16H,3-13H2,1-2H3,(H,21,23)/b17-15-. The largest absolute Gasteiger partial charge is 0.466 e. The van der Waals surface area contributed by atoms with Crippen LogP contribution in [0.3, 0.4) is 0 Å². The van der Waals surface area contributed by atoms with Crippen molar-refractivity contribution in [3.05, 3.63) is 11.8 Å². The molecule has 0 aromatic rings. The molecule has 1 aliphatic heterocycles. The van der Waals surface area contributed by atoms with Crippen LogP contribution in [0, 0.1) is 17.2 Å². The molecule has 0 bridgehead atoms. The minimum absolute atomic E-state index is 0.0893. The molecule has 1 heterocycles. The van der Waals surface area contributed by atoms with Crippen LogP contribution >= 0.6 is 0 Å². The van der Waals surface area contributed by atoms with Gasteiger partial charge in [0.15, 0.2) is 0 Å². The third-order valence-electron chi connectivity index (χ3n) is 4.22. The summed E-state index contributed by atoms with van der Waals surface area (Å²) in [6, 6.07) is 1.96. The molecule has 0 aromatic heterocycles. The van der Waals surface area contributed by atoms with E-state index >= 15 is 0 Å². The van der Waals surface area contributed by atoms with Gasteiger partial charge in [0.25, 0.3) is 5.91 Å². The second kappa shape index (κ2) is 13.2. The number of amides is 1. The molecule has 1 saturated heterocycles. The Labute approximate surface area is 156 Å². The molecule has 0 radical (unpaired) electrons. The lowest BCUT2D eigenvalue weighted by Crippen LogP contribution is -2.35. The third kappa shape index (κ3) is 8.34.